The topological polar surface area (TPSA) is 83.6 Å². The molecule has 0 aliphatic carbocycles. The fourth-order valence-electron chi connectivity index (χ4n) is 3.97. The molecule has 0 unspecified atom stereocenters. The van der Waals surface area contributed by atoms with E-state index in [1.165, 1.54) is 0 Å². The van der Waals surface area contributed by atoms with E-state index in [4.69, 9.17) is 4.74 Å². The molecule has 3 aromatic rings. The first kappa shape index (κ1) is 22.9. The number of rotatable bonds is 7. The van der Waals surface area contributed by atoms with Crippen molar-refractivity contribution in [2.24, 2.45) is 0 Å². The van der Waals surface area contributed by atoms with Gasteiger partial charge in [-0.05, 0) is 49.7 Å². The van der Waals surface area contributed by atoms with Crippen molar-refractivity contribution >= 4 is 28.4 Å². The van der Waals surface area contributed by atoms with Crippen molar-refractivity contribution in [3.8, 4) is 0 Å². The Morgan fingerprint density at radius 2 is 1.88 bits per heavy atom. The lowest BCUT2D eigenvalue weighted by Gasteiger charge is -2.26. The van der Waals surface area contributed by atoms with Gasteiger partial charge in [-0.2, -0.15) is 0 Å². The van der Waals surface area contributed by atoms with E-state index in [0.717, 1.165) is 60.6 Å². The van der Waals surface area contributed by atoms with Crippen molar-refractivity contribution in [3.63, 3.8) is 0 Å². The zero-order chi connectivity index (χ0) is 23.2. The normalized spacial score (nSPS) is 14.2. The number of amides is 2. The van der Waals surface area contributed by atoms with E-state index in [-0.39, 0.29) is 11.8 Å². The van der Waals surface area contributed by atoms with Crippen molar-refractivity contribution in [2.75, 3.05) is 38.2 Å². The first-order chi connectivity index (χ1) is 16.0. The maximum atomic E-state index is 12.8. The molecule has 0 saturated carbocycles. The lowest BCUT2D eigenvalue weighted by Crippen LogP contribution is -2.38. The highest BCUT2D eigenvalue weighted by Gasteiger charge is 2.13. The Kier molecular flexibility index (Phi) is 7.32. The highest BCUT2D eigenvalue weighted by atomic mass is 16.5. The fourth-order valence-corrected chi connectivity index (χ4v) is 3.97. The minimum absolute atomic E-state index is 0.0177. The highest BCUT2D eigenvalue weighted by Crippen LogP contribution is 2.18. The Morgan fingerprint density at radius 1 is 1.06 bits per heavy atom. The first-order valence-electron chi connectivity index (χ1n) is 11.3. The minimum Gasteiger partial charge on any atom is -0.379 e. The van der Waals surface area contributed by atoms with Crippen molar-refractivity contribution in [2.45, 2.75) is 26.8 Å². The lowest BCUT2D eigenvalue weighted by atomic mass is 10.1. The number of ether oxygens (including phenoxy) is 1. The summed E-state index contributed by atoms with van der Waals surface area (Å²) in [6.45, 7) is 8.15. The number of benzene rings is 2. The van der Waals surface area contributed by atoms with Crippen LogP contribution in [0, 0.1) is 13.8 Å². The van der Waals surface area contributed by atoms with Gasteiger partial charge in [0.1, 0.15) is 0 Å². The summed E-state index contributed by atoms with van der Waals surface area (Å²) in [7, 11) is 0. The Balaban J connectivity index is 1.33. The monoisotopic (exact) mass is 446 g/mol. The molecule has 2 N–H and O–H groups in total. The summed E-state index contributed by atoms with van der Waals surface area (Å²) in [4.78, 5) is 32.0. The van der Waals surface area contributed by atoms with E-state index >= 15 is 0 Å². The molecule has 1 aromatic heterocycles. The number of aromatic nitrogens is 1. The highest BCUT2D eigenvalue weighted by molar-refractivity contribution is 5.98. The first-order valence-corrected chi connectivity index (χ1v) is 11.3. The predicted molar refractivity (Wildman–Crippen MR) is 129 cm³/mol. The third kappa shape index (κ3) is 6.15. The quantitative estimate of drug-likeness (QED) is 0.581. The fraction of sp³-hybridized carbons (Fsp3) is 0.346. The number of hydrogen-bond donors (Lipinski definition) is 2. The second-order valence-electron chi connectivity index (χ2n) is 8.45. The van der Waals surface area contributed by atoms with Crippen LogP contribution < -0.4 is 10.6 Å². The van der Waals surface area contributed by atoms with Crippen LogP contribution in [0.2, 0.25) is 0 Å². The van der Waals surface area contributed by atoms with Gasteiger partial charge in [0.2, 0.25) is 5.91 Å². The molecule has 0 spiro atoms. The number of nitrogens with one attached hydrogen (secondary N) is 2. The molecule has 1 aliphatic heterocycles. The van der Waals surface area contributed by atoms with Gasteiger partial charge in [-0.15, -0.1) is 0 Å². The summed E-state index contributed by atoms with van der Waals surface area (Å²) in [5.74, 6) is -0.181. The lowest BCUT2D eigenvalue weighted by molar-refractivity contribution is -0.116. The summed E-state index contributed by atoms with van der Waals surface area (Å²) >= 11 is 0. The zero-order valence-electron chi connectivity index (χ0n) is 19.2. The number of nitrogens with zero attached hydrogens (tertiary/aromatic N) is 2. The van der Waals surface area contributed by atoms with Crippen molar-refractivity contribution in [1.29, 1.82) is 0 Å². The summed E-state index contributed by atoms with van der Waals surface area (Å²) in [6.07, 6.45) is 0.439. The maximum absolute atomic E-state index is 12.8. The summed E-state index contributed by atoms with van der Waals surface area (Å²) in [5.41, 5.74) is 4.92. The van der Waals surface area contributed by atoms with Crippen LogP contribution in [-0.4, -0.2) is 54.5 Å². The summed E-state index contributed by atoms with van der Waals surface area (Å²) in [6, 6.07) is 15.5. The van der Waals surface area contributed by atoms with E-state index in [1.807, 2.05) is 62.4 Å². The third-order valence-electron chi connectivity index (χ3n) is 5.83. The Labute approximate surface area is 194 Å². The molecular formula is C26H30N4O3. The Hall–Kier alpha value is -3.29. The average Bonchev–Trinajstić information content (AvgIpc) is 2.82. The van der Waals surface area contributed by atoms with Gasteiger partial charge in [0.05, 0.1) is 30.0 Å². The van der Waals surface area contributed by atoms with Gasteiger partial charge in [-0.3, -0.25) is 19.5 Å². The number of morpholine rings is 1. The van der Waals surface area contributed by atoms with E-state index in [0.29, 0.717) is 24.2 Å². The van der Waals surface area contributed by atoms with Gasteiger partial charge in [0.15, 0.2) is 0 Å². The van der Waals surface area contributed by atoms with E-state index in [1.54, 1.807) is 0 Å². The molecule has 1 fully saturated rings. The van der Waals surface area contributed by atoms with E-state index < -0.39 is 0 Å². The van der Waals surface area contributed by atoms with Crippen LogP contribution in [0.5, 0.6) is 0 Å². The second-order valence-corrected chi connectivity index (χ2v) is 8.45. The van der Waals surface area contributed by atoms with Crippen LogP contribution in [0.25, 0.3) is 10.9 Å². The van der Waals surface area contributed by atoms with E-state index in [2.05, 4.69) is 20.5 Å². The number of anilines is 1. The van der Waals surface area contributed by atoms with Gasteiger partial charge in [0.25, 0.3) is 5.91 Å². The molecule has 4 rings (SSSR count). The second kappa shape index (κ2) is 10.6. The molecule has 33 heavy (non-hydrogen) atoms. The van der Waals surface area contributed by atoms with Crippen LogP contribution in [0.4, 0.5) is 5.69 Å². The van der Waals surface area contributed by atoms with Gasteiger partial charge in [-0.1, -0.05) is 23.8 Å². The van der Waals surface area contributed by atoms with Gasteiger partial charge in [0, 0.05) is 43.7 Å². The van der Waals surface area contributed by atoms with E-state index in [9.17, 15) is 9.59 Å². The van der Waals surface area contributed by atoms with Crippen LogP contribution in [-0.2, 0) is 16.1 Å². The van der Waals surface area contributed by atoms with Crippen molar-refractivity contribution in [1.82, 2.24) is 15.2 Å². The molecule has 7 heteroatoms. The number of carbonyl (C=O) groups is 2. The number of pyridine rings is 1. The molecule has 0 radical (unpaired) electrons. The molecule has 2 aromatic carbocycles. The number of hydrogen-bond acceptors (Lipinski definition) is 5. The standard InChI is InChI=1S/C26H30N4O3/c1-18-6-7-24-21(14-18)16-23(19(2)28-24)26(32)27-17-20-4-3-5-22(15-20)29-25(31)8-9-30-10-12-33-13-11-30/h3-7,14-16H,8-13,17H2,1-2H3,(H,27,32)(H,29,31). The molecule has 0 bridgehead atoms. The number of carbonyl (C=O) groups excluding carboxylic acids is 2. The van der Waals surface area contributed by atoms with Crippen LogP contribution >= 0.6 is 0 Å². The molecule has 7 nitrogen and oxygen atoms in total. The smallest absolute Gasteiger partial charge is 0.253 e. The molecule has 0 atom stereocenters. The average molecular weight is 447 g/mol. The summed E-state index contributed by atoms with van der Waals surface area (Å²) in [5, 5.41) is 6.88. The largest absolute Gasteiger partial charge is 0.379 e. The molecule has 2 amide bonds. The number of aryl methyl sites for hydroxylation is 2. The molecule has 172 valence electrons. The van der Waals surface area contributed by atoms with Gasteiger partial charge in [-0.25, -0.2) is 0 Å². The minimum atomic E-state index is -0.164. The third-order valence-corrected chi connectivity index (χ3v) is 5.83. The van der Waals surface area contributed by atoms with Crippen LogP contribution in [0.3, 0.4) is 0 Å². The van der Waals surface area contributed by atoms with Gasteiger partial charge < -0.3 is 15.4 Å². The maximum Gasteiger partial charge on any atom is 0.253 e. The Bertz CT molecular complexity index is 1160. The molecule has 1 aliphatic rings. The zero-order valence-corrected chi connectivity index (χ0v) is 19.2. The van der Waals surface area contributed by atoms with Crippen LogP contribution in [0.15, 0.2) is 48.5 Å². The van der Waals surface area contributed by atoms with Crippen molar-refractivity contribution < 1.29 is 14.3 Å². The molecule has 1 saturated heterocycles. The SMILES string of the molecule is Cc1ccc2nc(C)c(C(=O)NCc3cccc(NC(=O)CCN4CCOCC4)c3)cc2c1. The molecular weight excluding hydrogens is 416 g/mol. The number of fused-ring (bicyclic) bond motifs is 1. The van der Waals surface area contributed by atoms with Gasteiger partial charge >= 0.3 is 0 Å². The molecule has 2 heterocycles. The predicted octanol–water partition coefficient (Wildman–Crippen LogP) is 3.44. The Morgan fingerprint density at radius 3 is 2.70 bits per heavy atom. The summed E-state index contributed by atoms with van der Waals surface area (Å²) < 4.78 is 5.34. The van der Waals surface area contributed by atoms with Crippen molar-refractivity contribution in [3.05, 3.63) is 70.9 Å². The van der Waals surface area contributed by atoms with Crippen LogP contribution in [0.1, 0.15) is 33.6 Å².